The number of amides is 2. The summed E-state index contributed by atoms with van der Waals surface area (Å²) in [6.07, 6.45) is 2.30. The molecule has 2 atom stereocenters. The fourth-order valence-corrected chi connectivity index (χ4v) is 3.99. The summed E-state index contributed by atoms with van der Waals surface area (Å²) in [4.78, 5) is 40.7. The zero-order valence-electron chi connectivity index (χ0n) is 19.0. The highest BCUT2D eigenvalue weighted by Gasteiger charge is 2.28. The molecule has 2 amide bonds. The zero-order valence-corrected chi connectivity index (χ0v) is 19.0. The molecule has 0 fully saturated rings. The summed E-state index contributed by atoms with van der Waals surface area (Å²) in [5, 5.41) is 16.0. The van der Waals surface area contributed by atoms with Crippen molar-refractivity contribution < 1.29 is 19.5 Å². The van der Waals surface area contributed by atoms with Crippen LogP contribution in [-0.2, 0) is 27.3 Å². The number of benzene rings is 2. The first kappa shape index (κ1) is 24.0. The van der Waals surface area contributed by atoms with E-state index in [0.717, 1.165) is 22.0 Å². The summed E-state index contributed by atoms with van der Waals surface area (Å²) >= 11 is 0. The van der Waals surface area contributed by atoms with Crippen molar-refractivity contribution in [2.24, 2.45) is 11.8 Å². The smallest absolute Gasteiger partial charge is 0.304 e. The normalized spacial score (nSPS) is 12.9. The van der Waals surface area contributed by atoms with Crippen LogP contribution < -0.4 is 10.6 Å². The van der Waals surface area contributed by atoms with Gasteiger partial charge in [-0.15, -0.1) is 0 Å². The Kier molecular flexibility index (Phi) is 8.24. The number of aliphatic carboxylic acids is 1. The third-order valence-electron chi connectivity index (χ3n) is 5.59. The van der Waals surface area contributed by atoms with E-state index in [2.05, 4.69) is 15.6 Å². The van der Waals surface area contributed by atoms with Gasteiger partial charge in [-0.1, -0.05) is 62.4 Å². The maximum absolute atomic E-state index is 13.1. The van der Waals surface area contributed by atoms with E-state index in [1.807, 2.05) is 74.6 Å². The van der Waals surface area contributed by atoms with E-state index in [0.29, 0.717) is 13.0 Å². The van der Waals surface area contributed by atoms with Gasteiger partial charge in [0.1, 0.15) is 6.04 Å². The van der Waals surface area contributed by atoms with E-state index in [-0.39, 0.29) is 24.7 Å². The number of para-hydroxylation sites is 1. The number of hydrogen-bond donors (Lipinski definition) is 4. The van der Waals surface area contributed by atoms with Crippen LogP contribution in [0.4, 0.5) is 0 Å². The van der Waals surface area contributed by atoms with Crippen LogP contribution in [0.1, 0.15) is 37.8 Å². The highest BCUT2D eigenvalue weighted by Crippen LogP contribution is 2.20. The molecule has 0 aliphatic carbocycles. The standard InChI is InChI=1S/C26H31N3O4/c1-17(2)12-19(14-24(30)31)25(32)29-23(26(33)28-15-18-8-4-3-5-9-18)13-20-16-27-22-11-7-6-10-21(20)22/h3-11,16-17,19,23,27H,12-15H2,1-2H3,(H,28,33)(H,29,32)(H,30,31)/t19?,23-/m0/s1. The highest BCUT2D eigenvalue weighted by atomic mass is 16.4. The Hall–Kier alpha value is -3.61. The van der Waals surface area contributed by atoms with Crippen LogP contribution in [-0.4, -0.2) is 33.9 Å². The summed E-state index contributed by atoms with van der Waals surface area (Å²) in [6.45, 7) is 4.22. The van der Waals surface area contributed by atoms with E-state index in [1.54, 1.807) is 0 Å². The Morgan fingerprint density at radius 3 is 2.36 bits per heavy atom. The third kappa shape index (κ3) is 6.94. The molecule has 7 heteroatoms. The molecule has 3 aromatic rings. The quantitative estimate of drug-likeness (QED) is 0.358. The predicted molar refractivity (Wildman–Crippen MR) is 127 cm³/mol. The van der Waals surface area contributed by atoms with Crippen LogP contribution in [0.5, 0.6) is 0 Å². The third-order valence-corrected chi connectivity index (χ3v) is 5.59. The number of aromatic nitrogens is 1. The average Bonchev–Trinajstić information content (AvgIpc) is 3.19. The summed E-state index contributed by atoms with van der Waals surface area (Å²) in [5.74, 6) is -2.30. The molecular formula is C26H31N3O4. The van der Waals surface area contributed by atoms with Gasteiger partial charge in [0.25, 0.3) is 0 Å². The average molecular weight is 450 g/mol. The molecule has 7 nitrogen and oxygen atoms in total. The Bertz CT molecular complexity index is 1090. The SMILES string of the molecule is CC(C)CC(CC(=O)O)C(=O)N[C@@H](Cc1c[nH]c2ccccc12)C(=O)NCc1ccccc1. The Morgan fingerprint density at radius 1 is 0.970 bits per heavy atom. The molecule has 1 unspecified atom stereocenters. The number of carbonyl (C=O) groups is 3. The van der Waals surface area contributed by atoms with Gasteiger partial charge in [-0.05, 0) is 29.5 Å². The number of aromatic amines is 1. The minimum absolute atomic E-state index is 0.152. The molecular weight excluding hydrogens is 418 g/mol. The van der Waals surface area contributed by atoms with Gasteiger partial charge in [0.2, 0.25) is 11.8 Å². The van der Waals surface area contributed by atoms with Gasteiger partial charge in [-0.2, -0.15) is 0 Å². The lowest BCUT2D eigenvalue weighted by Crippen LogP contribution is -2.49. The molecule has 0 spiro atoms. The number of hydrogen-bond acceptors (Lipinski definition) is 3. The molecule has 33 heavy (non-hydrogen) atoms. The summed E-state index contributed by atoms with van der Waals surface area (Å²) in [7, 11) is 0. The first-order valence-corrected chi connectivity index (χ1v) is 11.2. The molecule has 2 aromatic carbocycles. The van der Waals surface area contributed by atoms with E-state index in [9.17, 15) is 19.5 Å². The Morgan fingerprint density at radius 2 is 1.67 bits per heavy atom. The monoisotopic (exact) mass is 449 g/mol. The fraction of sp³-hybridized carbons (Fsp3) is 0.346. The Labute approximate surface area is 193 Å². The van der Waals surface area contributed by atoms with Gasteiger partial charge in [0.05, 0.1) is 6.42 Å². The molecule has 0 aliphatic rings. The maximum atomic E-state index is 13.1. The lowest BCUT2D eigenvalue weighted by molar-refractivity contribution is -0.141. The van der Waals surface area contributed by atoms with Crippen molar-refractivity contribution in [1.82, 2.24) is 15.6 Å². The molecule has 1 aromatic heterocycles. The van der Waals surface area contributed by atoms with Crippen molar-refractivity contribution in [3.05, 3.63) is 71.9 Å². The fourth-order valence-electron chi connectivity index (χ4n) is 3.99. The van der Waals surface area contributed by atoms with Crippen molar-refractivity contribution in [3.63, 3.8) is 0 Å². The predicted octanol–water partition coefficient (Wildman–Crippen LogP) is 3.65. The van der Waals surface area contributed by atoms with Crippen LogP contribution in [0, 0.1) is 11.8 Å². The molecule has 4 N–H and O–H groups in total. The molecule has 0 aliphatic heterocycles. The topological polar surface area (TPSA) is 111 Å². The van der Waals surface area contributed by atoms with Crippen LogP contribution in [0.15, 0.2) is 60.8 Å². The summed E-state index contributed by atoms with van der Waals surface area (Å²) in [5.41, 5.74) is 2.81. The van der Waals surface area contributed by atoms with Gasteiger partial charge in [0.15, 0.2) is 0 Å². The number of H-pyrrole nitrogens is 1. The molecule has 0 saturated carbocycles. The first-order chi connectivity index (χ1) is 15.8. The van der Waals surface area contributed by atoms with E-state index < -0.39 is 23.8 Å². The molecule has 0 bridgehead atoms. The minimum Gasteiger partial charge on any atom is -0.481 e. The largest absolute Gasteiger partial charge is 0.481 e. The molecule has 1 heterocycles. The van der Waals surface area contributed by atoms with Crippen molar-refractivity contribution in [1.29, 1.82) is 0 Å². The van der Waals surface area contributed by atoms with Gasteiger partial charge >= 0.3 is 5.97 Å². The lowest BCUT2D eigenvalue weighted by Gasteiger charge is -2.23. The van der Waals surface area contributed by atoms with E-state index >= 15 is 0 Å². The van der Waals surface area contributed by atoms with Crippen molar-refractivity contribution in [3.8, 4) is 0 Å². The highest BCUT2D eigenvalue weighted by molar-refractivity contribution is 5.91. The zero-order chi connectivity index (χ0) is 23.8. The number of carboxylic acid groups (broad SMARTS) is 1. The number of nitrogens with one attached hydrogen (secondary N) is 3. The van der Waals surface area contributed by atoms with Crippen LogP contribution in [0.3, 0.4) is 0 Å². The van der Waals surface area contributed by atoms with Crippen molar-refractivity contribution >= 4 is 28.7 Å². The van der Waals surface area contributed by atoms with E-state index in [1.165, 1.54) is 0 Å². The van der Waals surface area contributed by atoms with Gasteiger partial charge in [0, 0.05) is 36.0 Å². The number of rotatable bonds is 11. The van der Waals surface area contributed by atoms with Crippen LogP contribution in [0.25, 0.3) is 10.9 Å². The number of carboxylic acids is 1. The maximum Gasteiger partial charge on any atom is 0.304 e. The molecule has 174 valence electrons. The first-order valence-electron chi connectivity index (χ1n) is 11.2. The van der Waals surface area contributed by atoms with Crippen molar-refractivity contribution in [2.75, 3.05) is 0 Å². The second-order valence-electron chi connectivity index (χ2n) is 8.75. The van der Waals surface area contributed by atoms with Gasteiger partial charge in [-0.25, -0.2) is 0 Å². The summed E-state index contributed by atoms with van der Waals surface area (Å²) < 4.78 is 0. The number of fused-ring (bicyclic) bond motifs is 1. The van der Waals surface area contributed by atoms with Crippen LogP contribution >= 0.6 is 0 Å². The van der Waals surface area contributed by atoms with Crippen LogP contribution in [0.2, 0.25) is 0 Å². The van der Waals surface area contributed by atoms with Gasteiger partial charge in [-0.3, -0.25) is 14.4 Å². The molecule has 0 saturated heterocycles. The second-order valence-corrected chi connectivity index (χ2v) is 8.75. The Balaban J connectivity index is 1.79. The summed E-state index contributed by atoms with van der Waals surface area (Å²) in [6, 6.07) is 16.5. The number of carbonyl (C=O) groups excluding carboxylic acids is 2. The molecule has 0 radical (unpaired) electrons. The van der Waals surface area contributed by atoms with E-state index in [4.69, 9.17) is 0 Å². The van der Waals surface area contributed by atoms with Gasteiger partial charge < -0.3 is 20.7 Å². The second kappa shape index (κ2) is 11.3. The van der Waals surface area contributed by atoms with Crippen molar-refractivity contribution in [2.45, 2.75) is 45.7 Å². The lowest BCUT2D eigenvalue weighted by atomic mass is 9.92. The minimum atomic E-state index is -1.03. The molecule has 3 rings (SSSR count).